The molecule has 1 aromatic carbocycles. The maximum atomic E-state index is 5.31. The molecule has 4 nitrogen and oxygen atoms in total. The summed E-state index contributed by atoms with van der Waals surface area (Å²) in [6.45, 7) is 0. The maximum absolute atomic E-state index is 5.31. The number of hydrogen-bond donors (Lipinski definition) is 0. The van der Waals surface area contributed by atoms with Crippen molar-refractivity contribution in [2.24, 2.45) is 0 Å². The Bertz CT molecular complexity index is 532. The molecule has 0 spiro atoms. The molecule has 1 heterocycles. The van der Waals surface area contributed by atoms with Crippen LogP contribution in [0.15, 0.2) is 35.2 Å². The van der Waals surface area contributed by atoms with E-state index in [9.17, 15) is 0 Å². The molecule has 0 amide bonds. The van der Waals surface area contributed by atoms with Gasteiger partial charge in [0.05, 0.1) is 19.9 Å². The predicted molar refractivity (Wildman–Crippen MR) is 68.3 cm³/mol. The zero-order chi connectivity index (χ0) is 12.3. The second kappa shape index (κ2) is 5.14. The van der Waals surface area contributed by atoms with Crippen molar-refractivity contribution >= 4 is 15.9 Å². The van der Waals surface area contributed by atoms with Crippen LogP contribution in [0.4, 0.5) is 0 Å². The van der Waals surface area contributed by atoms with Crippen molar-refractivity contribution in [2.45, 2.75) is 0 Å². The van der Waals surface area contributed by atoms with Crippen molar-refractivity contribution in [3.63, 3.8) is 0 Å². The van der Waals surface area contributed by atoms with Gasteiger partial charge in [-0.3, -0.25) is 0 Å². The molecule has 0 saturated heterocycles. The molecule has 0 N–H and O–H groups in total. The Balaban J connectivity index is 2.56. The lowest BCUT2D eigenvalue weighted by Gasteiger charge is -2.09. The Morgan fingerprint density at radius 2 is 1.94 bits per heavy atom. The van der Waals surface area contributed by atoms with Crippen LogP contribution in [0.5, 0.6) is 11.5 Å². The van der Waals surface area contributed by atoms with E-state index < -0.39 is 0 Å². The minimum Gasteiger partial charge on any atom is -0.497 e. The Morgan fingerprint density at radius 1 is 1.12 bits per heavy atom. The van der Waals surface area contributed by atoms with Gasteiger partial charge in [0.15, 0.2) is 4.73 Å². The fourth-order valence-corrected chi connectivity index (χ4v) is 1.81. The smallest absolute Gasteiger partial charge is 0.197 e. The van der Waals surface area contributed by atoms with E-state index in [2.05, 4.69) is 25.9 Å². The van der Waals surface area contributed by atoms with Gasteiger partial charge in [0.1, 0.15) is 11.5 Å². The van der Waals surface area contributed by atoms with Crippen LogP contribution < -0.4 is 9.47 Å². The van der Waals surface area contributed by atoms with Crippen LogP contribution in [0, 0.1) is 0 Å². The van der Waals surface area contributed by atoms with Gasteiger partial charge in [-0.1, -0.05) is 0 Å². The first-order chi connectivity index (χ1) is 8.24. The van der Waals surface area contributed by atoms with Gasteiger partial charge < -0.3 is 9.47 Å². The predicted octanol–water partition coefficient (Wildman–Crippen LogP) is 2.92. The molecule has 0 atom stereocenters. The molecule has 0 aliphatic heterocycles. The van der Waals surface area contributed by atoms with E-state index in [1.54, 1.807) is 20.4 Å². The second-order valence-electron chi connectivity index (χ2n) is 3.28. The minimum absolute atomic E-state index is 0.542. The molecule has 17 heavy (non-hydrogen) atoms. The number of rotatable bonds is 3. The number of aromatic nitrogens is 2. The number of benzene rings is 1. The number of nitrogens with zero attached hydrogens (tertiary/aromatic N) is 2. The van der Waals surface area contributed by atoms with Crippen molar-refractivity contribution in [1.29, 1.82) is 0 Å². The van der Waals surface area contributed by atoms with E-state index in [4.69, 9.17) is 9.47 Å². The van der Waals surface area contributed by atoms with Crippen LogP contribution in [0.1, 0.15) is 0 Å². The van der Waals surface area contributed by atoms with Crippen molar-refractivity contribution in [1.82, 2.24) is 9.97 Å². The van der Waals surface area contributed by atoms with Crippen LogP contribution in [-0.2, 0) is 0 Å². The topological polar surface area (TPSA) is 44.2 Å². The quantitative estimate of drug-likeness (QED) is 0.817. The third-order valence-corrected chi connectivity index (χ3v) is 2.69. The molecular weight excluding hydrogens is 284 g/mol. The van der Waals surface area contributed by atoms with Crippen LogP contribution in [0.3, 0.4) is 0 Å². The molecule has 0 fully saturated rings. The summed E-state index contributed by atoms with van der Waals surface area (Å²) in [5.74, 6) is 1.51. The van der Waals surface area contributed by atoms with Gasteiger partial charge in [-0.2, -0.15) is 0 Å². The molecule has 2 rings (SSSR count). The van der Waals surface area contributed by atoms with Gasteiger partial charge >= 0.3 is 0 Å². The second-order valence-corrected chi connectivity index (χ2v) is 3.99. The van der Waals surface area contributed by atoms with Crippen molar-refractivity contribution in [3.05, 3.63) is 35.2 Å². The lowest BCUT2D eigenvalue weighted by molar-refractivity contribution is 0.404. The average Bonchev–Trinajstić information content (AvgIpc) is 2.38. The van der Waals surface area contributed by atoms with E-state index in [0.29, 0.717) is 4.73 Å². The van der Waals surface area contributed by atoms with Gasteiger partial charge in [0.25, 0.3) is 0 Å². The lowest BCUT2D eigenvalue weighted by Crippen LogP contribution is -1.93. The molecule has 0 aliphatic carbocycles. The van der Waals surface area contributed by atoms with Crippen molar-refractivity contribution < 1.29 is 9.47 Å². The normalized spacial score (nSPS) is 10.1. The molecule has 0 unspecified atom stereocenters. The van der Waals surface area contributed by atoms with E-state index in [1.165, 1.54) is 0 Å². The fourth-order valence-electron chi connectivity index (χ4n) is 1.50. The molecule has 0 radical (unpaired) electrons. The molecule has 0 saturated carbocycles. The lowest BCUT2D eigenvalue weighted by atomic mass is 10.1. The SMILES string of the molecule is COc1ccc(OC)c(-c2ccnc(Br)n2)c1. The summed E-state index contributed by atoms with van der Waals surface area (Å²) >= 11 is 3.25. The molecule has 1 aromatic heterocycles. The van der Waals surface area contributed by atoms with E-state index in [-0.39, 0.29) is 0 Å². The van der Waals surface area contributed by atoms with Gasteiger partial charge in [0.2, 0.25) is 0 Å². The zero-order valence-electron chi connectivity index (χ0n) is 9.48. The van der Waals surface area contributed by atoms with Gasteiger partial charge in [-0.05, 0) is 40.2 Å². The standard InChI is InChI=1S/C12H11BrN2O2/c1-16-8-3-4-11(17-2)9(7-8)10-5-6-14-12(13)15-10/h3-7H,1-2H3. The van der Waals surface area contributed by atoms with Crippen molar-refractivity contribution in [2.75, 3.05) is 14.2 Å². The maximum Gasteiger partial charge on any atom is 0.197 e. The van der Waals surface area contributed by atoms with E-state index >= 15 is 0 Å². The Morgan fingerprint density at radius 3 is 2.59 bits per heavy atom. The number of halogens is 1. The molecule has 0 aliphatic rings. The number of ether oxygens (including phenoxy) is 2. The monoisotopic (exact) mass is 294 g/mol. The van der Waals surface area contributed by atoms with E-state index in [0.717, 1.165) is 22.8 Å². The first-order valence-electron chi connectivity index (χ1n) is 4.95. The molecule has 0 bridgehead atoms. The third kappa shape index (κ3) is 2.55. The zero-order valence-corrected chi connectivity index (χ0v) is 11.1. The molecule has 5 heteroatoms. The largest absolute Gasteiger partial charge is 0.497 e. The summed E-state index contributed by atoms with van der Waals surface area (Å²) in [7, 11) is 3.25. The number of methoxy groups -OCH3 is 2. The first-order valence-corrected chi connectivity index (χ1v) is 5.75. The van der Waals surface area contributed by atoms with Gasteiger partial charge in [-0.15, -0.1) is 0 Å². The summed E-state index contributed by atoms with van der Waals surface area (Å²) in [6, 6.07) is 7.40. The third-order valence-electron chi connectivity index (χ3n) is 2.31. The summed E-state index contributed by atoms with van der Waals surface area (Å²) in [5, 5.41) is 0. The summed E-state index contributed by atoms with van der Waals surface area (Å²) in [5.41, 5.74) is 1.65. The highest BCUT2D eigenvalue weighted by molar-refractivity contribution is 9.10. The fraction of sp³-hybridized carbons (Fsp3) is 0.167. The van der Waals surface area contributed by atoms with Crippen LogP contribution >= 0.6 is 15.9 Å². The summed E-state index contributed by atoms with van der Waals surface area (Å²) < 4.78 is 11.0. The minimum atomic E-state index is 0.542. The highest BCUT2D eigenvalue weighted by atomic mass is 79.9. The Kier molecular flexibility index (Phi) is 3.58. The van der Waals surface area contributed by atoms with Gasteiger partial charge in [0, 0.05) is 11.8 Å². The molecule has 88 valence electrons. The van der Waals surface area contributed by atoms with Crippen LogP contribution in [0.2, 0.25) is 0 Å². The van der Waals surface area contributed by atoms with Crippen LogP contribution in [0.25, 0.3) is 11.3 Å². The van der Waals surface area contributed by atoms with E-state index in [1.807, 2.05) is 24.3 Å². The molecular formula is C12H11BrN2O2. The highest BCUT2D eigenvalue weighted by Gasteiger charge is 2.09. The van der Waals surface area contributed by atoms with Crippen molar-refractivity contribution in [3.8, 4) is 22.8 Å². The van der Waals surface area contributed by atoms with Gasteiger partial charge in [-0.25, -0.2) is 9.97 Å². The number of hydrogen-bond acceptors (Lipinski definition) is 4. The highest BCUT2D eigenvalue weighted by Crippen LogP contribution is 2.32. The first kappa shape index (κ1) is 11.9. The molecule has 2 aromatic rings. The summed E-state index contributed by atoms with van der Waals surface area (Å²) in [6.07, 6.45) is 1.69. The van der Waals surface area contributed by atoms with Crippen LogP contribution in [-0.4, -0.2) is 24.2 Å². The summed E-state index contributed by atoms with van der Waals surface area (Å²) in [4.78, 5) is 8.29. The Labute approximate surface area is 108 Å². The average molecular weight is 295 g/mol. The Hall–Kier alpha value is -1.62.